The summed E-state index contributed by atoms with van der Waals surface area (Å²) in [4.78, 5) is 2.35. The summed E-state index contributed by atoms with van der Waals surface area (Å²) < 4.78 is 0. The quantitative estimate of drug-likeness (QED) is 0.411. The minimum atomic E-state index is 0.500. The van der Waals surface area contributed by atoms with Crippen LogP contribution in [0.15, 0.2) is 0 Å². The molecular formula is C6H13N. The van der Waals surface area contributed by atoms with E-state index in [4.69, 9.17) is 0 Å². The predicted octanol–water partition coefficient (Wildman–Crippen LogP) is 1.10. The highest BCUT2D eigenvalue weighted by Crippen LogP contribution is 2.36. The number of likely N-dealkylation sites (N-methyl/N-ethyl adjacent to an activating group) is 1. The zero-order valence-corrected chi connectivity index (χ0v) is 5.52. The van der Waals surface area contributed by atoms with Gasteiger partial charge in [0.25, 0.3) is 0 Å². The van der Waals surface area contributed by atoms with Gasteiger partial charge in [-0.1, -0.05) is 0 Å². The van der Waals surface area contributed by atoms with Gasteiger partial charge in [0.1, 0.15) is 0 Å². The Bertz CT molecular complexity index is 76.2. The van der Waals surface area contributed by atoms with Crippen molar-refractivity contribution in [3.05, 3.63) is 0 Å². The summed E-state index contributed by atoms with van der Waals surface area (Å²) in [5, 5.41) is 0. The van der Waals surface area contributed by atoms with Crippen molar-refractivity contribution in [3.63, 3.8) is 0 Å². The Kier molecular flexibility index (Phi) is 0.747. The van der Waals surface area contributed by atoms with Crippen LogP contribution in [0, 0.1) is 0 Å². The highest BCUT2D eigenvalue weighted by atomic mass is 15.4. The van der Waals surface area contributed by atoms with E-state index in [0.29, 0.717) is 5.54 Å². The predicted molar refractivity (Wildman–Crippen MR) is 31.3 cm³/mol. The zero-order valence-electron chi connectivity index (χ0n) is 5.52. The third kappa shape index (κ3) is 0.480. The fraction of sp³-hybridized carbons (Fsp3) is 1.00. The van der Waals surface area contributed by atoms with Gasteiger partial charge in [0.2, 0.25) is 0 Å². The topological polar surface area (TPSA) is 3.01 Å². The average Bonchev–Trinajstić information content (AvgIpc) is 1.91. The number of nitrogens with zero attached hydrogens (tertiary/aromatic N) is 1. The Balaban J connectivity index is 2.52. The summed E-state index contributed by atoms with van der Waals surface area (Å²) in [6.07, 6.45) is 0. The zero-order chi connectivity index (χ0) is 5.65. The fourth-order valence-electron chi connectivity index (χ4n) is 0.907. The smallest absolute Gasteiger partial charge is 0.0306 e. The maximum Gasteiger partial charge on any atom is 0.0306 e. The summed E-state index contributed by atoms with van der Waals surface area (Å²) in [5.41, 5.74) is 0.500. The van der Waals surface area contributed by atoms with Gasteiger partial charge in [-0.05, 0) is 27.8 Å². The SMILES string of the molecule is C[C@@H]1N(C)C1(C)C. The second-order valence-electron chi connectivity index (χ2n) is 2.94. The third-order valence-electron chi connectivity index (χ3n) is 2.44. The minimum Gasteiger partial charge on any atom is -0.295 e. The first-order valence-corrected chi connectivity index (χ1v) is 2.80. The Morgan fingerprint density at radius 3 is 1.57 bits per heavy atom. The molecule has 1 aliphatic rings. The standard InChI is InChI=1S/C6H13N/c1-5-6(2,3)7(5)4/h5H,1-4H3/t5-,7?/m0/s1. The summed E-state index contributed by atoms with van der Waals surface area (Å²) in [6, 6.07) is 0.799. The van der Waals surface area contributed by atoms with Gasteiger partial charge in [-0.3, -0.25) is 4.90 Å². The van der Waals surface area contributed by atoms with E-state index in [1.54, 1.807) is 0 Å². The van der Waals surface area contributed by atoms with Crippen molar-refractivity contribution in [3.8, 4) is 0 Å². The molecule has 42 valence electrons. The first-order chi connectivity index (χ1) is 3.07. The molecule has 1 heteroatoms. The number of rotatable bonds is 0. The van der Waals surface area contributed by atoms with Crippen molar-refractivity contribution < 1.29 is 0 Å². The molecule has 1 saturated heterocycles. The van der Waals surface area contributed by atoms with Crippen LogP contribution in [0.2, 0.25) is 0 Å². The maximum absolute atomic E-state index is 2.35. The van der Waals surface area contributed by atoms with Crippen molar-refractivity contribution in [2.75, 3.05) is 7.05 Å². The van der Waals surface area contributed by atoms with Crippen molar-refractivity contribution >= 4 is 0 Å². The van der Waals surface area contributed by atoms with Crippen molar-refractivity contribution in [1.82, 2.24) is 4.90 Å². The van der Waals surface area contributed by atoms with Gasteiger partial charge >= 0.3 is 0 Å². The molecule has 0 aromatic heterocycles. The largest absolute Gasteiger partial charge is 0.295 e. The lowest BCUT2D eigenvalue weighted by Gasteiger charge is -1.94. The second-order valence-corrected chi connectivity index (χ2v) is 2.94. The van der Waals surface area contributed by atoms with E-state index < -0.39 is 0 Å². The Morgan fingerprint density at radius 2 is 1.57 bits per heavy atom. The van der Waals surface area contributed by atoms with Gasteiger partial charge in [-0.15, -0.1) is 0 Å². The summed E-state index contributed by atoms with van der Waals surface area (Å²) in [5.74, 6) is 0. The Labute approximate surface area is 45.3 Å². The molecule has 1 rings (SSSR count). The molecule has 1 aliphatic heterocycles. The summed E-state index contributed by atoms with van der Waals surface area (Å²) >= 11 is 0. The van der Waals surface area contributed by atoms with Crippen LogP contribution in [0.4, 0.5) is 0 Å². The monoisotopic (exact) mass is 99.1 g/mol. The number of hydrogen-bond acceptors (Lipinski definition) is 1. The van der Waals surface area contributed by atoms with Crippen LogP contribution >= 0.6 is 0 Å². The molecule has 0 radical (unpaired) electrons. The van der Waals surface area contributed by atoms with Crippen molar-refractivity contribution in [1.29, 1.82) is 0 Å². The Morgan fingerprint density at radius 1 is 1.43 bits per heavy atom. The van der Waals surface area contributed by atoms with Crippen LogP contribution in [0.25, 0.3) is 0 Å². The molecule has 1 nitrogen and oxygen atoms in total. The summed E-state index contributed by atoms with van der Waals surface area (Å²) in [6.45, 7) is 6.77. The molecule has 2 atom stereocenters. The van der Waals surface area contributed by atoms with Gasteiger partial charge in [0.05, 0.1) is 0 Å². The molecule has 0 amide bonds. The van der Waals surface area contributed by atoms with Gasteiger partial charge in [0, 0.05) is 11.6 Å². The van der Waals surface area contributed by atoms with Crippen molar-refractivity contribution in [2.24, 2.45) is 0 Å². The lowest BCUT2D eigenvalue weighted by molar-refractivity contribution is 0.525. The van der Waals surface area contributed by atoms with Crippen LogP contribution < -0.4 is 0 Å². The van der Waals surface area contributed by atoms with Crippen LogP contribution in [-0.4, -0.2) is 23.5 Å². The molecule has 7 heavy (non-hydrogen) atoms. The highest BCUT2D eigenvalue weighted by Gasteiger charge is 2.48. The molecular weight excluding hydrogens is 86.1 g/mol. The molecule has 0 bridgehead atoms. The van der Waals surface area contributed by atoms with Gasteiger partial charge in [-0.2, -0.15) is 0 Å². The molecule has 1 fully saturated rings. The molecule has 0 aromatic carbocycles. The molecule has 1 unspecified atom stereocenters. The van der Waals surface area contributed by atoms with E-state index >= 15 is 0 Å². The first-order valence-electron chi connectivity index (χ1n) is 2.80. The first kappa shape index (κ1) is 5.10. The molecule has 0 aliphatic carbocycles. The highest BCUT2D eigenvalue weighted by molar-refractivity contribution is 5.06. The average molecular weight is 99.2 g/mol. The fourth-order valence-corrected chi connectivity index (χ4v) is 0.907. The lowest BCUT2D eigenvalue weighted by atomic mass is 10.2. The van der Waals surface area contributed by atoms with Gasteiger partial charge in [0.15, 0.2) is 0 Å². The van der Waals surface area contributed by atoms with Crippen LogP contribution in [0.5, 0.6) is 0 Å². The van der Waals surface area contributed by atoms with Crippen molar-refractivity contribution in [2.45, 2.75) is 32.4 Å². The molecule has 0 N–H and O–H groups in total. The van der Waals surface area contributed by atoms with Crippen LogP contribution in [-0.2, 0) is 0 Å². The lowest BCUT2D eigenvalue weighted by Crippen LogP contribution is -2.03. The van der Waals surface area contributed by atoms with E-state index in [9.17, 15) is 0 Å². The van der Waals surface area contributed by atoms with E-state index in [1.165, 1.54) is 0 Å². The minimum absolute atomic E-state index is 0.500. The molecule has 0 spiro atoms. The van der Waals surface area contributed by atoms with Gasteiger partial charge < -0.3 is 0 Å². The van der Waals surface area contributed by atoms with E-state index in [1.807, 2.05) is 0 Å². The second kappa shape index (κ2) is 1.03. The number of hydrogen-bond donors (Lipinski definition) is 0. The normalized spacial score (nSPS) is 46.3. The van der Waals surface area contributed by atoms with Crippen LogP contribution in [0.3, 0.4) is 0 Å². The third-order valence-corrected chi connectivity index (χ3v) is 2.44. The maximum atomic E-state index is 2.35. The van der Waals surface area contributed by atoms with E-state index in [0.717, 1.165) is 6.04 Å². The van der Waals surface area contributed by atoms with E-state index in [-0.39, 0.29) is 0 Å². The molecule has 0 aromatic rings. The van der Waals surface area contributed by atoms with E-state index in [2.05, 4.69) is 32.7 Å². The van der Waals surface area contributed by atoms with Gasteiger partial charge in [-0.25, -0.2) is 0 Å². The Hall–Kier alpha value is -0.0400. The molecule has 0 saturated carbocycles. The molecule has 1 heterocycles. The van der Waals surface area contributed by atoms with Crippen LogP contribution in [0.1, 0.15) is 20.8 Å². The summed E-state index contributed by atoms with van der Waals surface area (Å²) in [7, 11) is 2.16.